The Labute approximate surface area is 128 Å². The maximum absolute atomic E-state index is 12.5. The summed E-state index contributed by atoms with van der Waals surface area (Å²) in [7, 11) is 0. The van der Waals surface area contributed by atoms with Gasteiger partial charge in [-0.05, 0) is 19.8 Å². The fourth-order valence-corrected chi connectivity index (χ4v) is 2.87. The van der Waals surface area contributed by atoms with Crippen molar-refractivity contribution in [1.82, 2.24) is 9.80 Å². The summed E-state index contributed by atoms with van der Waals surface area (Å²) in [6, 6.07) is 0.129. The van der Waals surface area contributed by atoms with E-state index in [-0.39, 0.29) is 12.0 Å². The van der Waals surface area contributed by atoms with Crippen molar-refractivity contribution in [3.05, 3.63) is 0 Å². The number of hydrogen-bond donors (Lipinski definition) is 1. The fourth-order valence-electron chi connectivity index (χ4n) is 2.72. The molecule has 0 radical (unpaired) electrons. The van der Waals surface area contributed by atoms with Crippen molar-refractivity contribution in [1.29, 1.82) is 0 Å². The quantitative estimate of drug-likeness (QED) is 0.731. The van der Waals surface area contributed by atoms with Crippen molar-refractivity contribution in [3.8, 4) is 0 Å². The maximum Gasteiger partial charge on any atom is 0.225 e. The topological polar surface area (TPSA) is 49.6 Å². The number of carbonyl (C=O) groups excluding carboxylic acids is 1. The monoisotopic (exact) mass is 299 g/mol. The van der Waals surface area contributed by atoms with Gasteiger partial charge in [0.15, 0.2) is 0 Å². The van der Waals surface area contributed by atoms with Crippen LogP contribution in [0.2, 0.25) is 0 Å². The van der Waals surface area contributed by atoms with E-state index in [0.29, 0.717) is 10.9 Å². The Hall–Kier alpha value is -0.680. The molecule has 1 saturated heterocycles. The minimum atomic E-state index is 0.129. The third kappa shape index (κ3) is 4.70. The lowest BCUT2D eigenvalue weighted by Gasteiger charge is -2.38. The van der Waals surface area contributed by atoms with Crippen LogP contribution in [0.4, 0.5) is 0 Å². The molecule has 1 aliphatic rings. The lowest BCUT2D eigenvalue weighted by Crippen LogP contribution is -2.54. The van der Waals surface area contributed by atoms with Crippen LogP contribution in [-0.2, 0) is 4.79 Å². The molecule has 116 valence electrons. The first kappa shape index (κ1) is 17.4. The Bertz CT molecular complexity index is 327. The zero-order valence-electron chi connectivity index (χ0n) is 13.1. The van der Waals surface area contributed by atoms with Gasteiger partial charge < -0.3 is 10.6 Å². The van der Waals surface area contributed by atoms with Crippen molar-refractivity contribution in [2.75, 3.05) is 26.2 Å². The van der Waals surface area contributed by atoms with Gasteiger partial charge in [-0.2, -0.15) is 0 Å². The molecule has 1 fully saturated rings. The molecule has 20 heavy (non-hydrogen) atoms. The van der Waals surface area contributed by atoms with Gasteiger partial charge in [0.05, 0.1) is 11.0 Å². The molecule has 0 bridgehead atoms. The SMILES string of the molecule is CCCCC(CC)C(=O)N1CCN(C(C)C(N)=S)CC1. The molecule has 0 saturated carbocycles. The molecular weight excluding hydrogens is 270 g/mol. The van der Waals surface area contributed by atoms with E-state index in [4.69, 9.17) is 18.0 Å². The Morgan fingerprint density at radius 2 is 1.85 bits per heavy atom. The van der Waals surface area contributed by atoms with Gasteiger partial charge >= 0.3 is 0 Å². The minimum Gasteiger partial charge on any atom is -0.392 e. The number of hydrogen-bond acceptors (Lipinski definition) is 3. The first-order valence-corrected chi connectivity index (χ1v) is 8.24. The summed E-state index contributed by atoms with van der Waals surface area (Å²) < 4.78 is 0. The van der Waals surface area contributed by atoms with Gasteiger partial charge in [-0.25, -0.2) is 0 Å². The number of piperazine rings is 1. The van der Waals surface area contributed by atoms with Crippen molar-refractivity contribution >= 4 is 23.1 Å². The van der Waals surface area contributed by atoms with Crippen LogP contribution in [0.25, 0.3) is 0 Å². The maximum atomic E-state index is 12.5. The lowest BCUT2D eigenvalue weighted by atomic mass is 9.97. The van der Waals surface area contributed by atoms with E-state index in [1.807, 2.05) is 11.8 Å². The average Bonchev–Trinajstić information content (AvgIpc) is 2.47. The van der Waals surface area contributed by atoms with Crippen molar-refractivity contribution in [2.24, 2.45) is 11.7 Å². The molecule has 1 heterocycles. The van der Waals surface area contributed by atoms with Gasteiger partial charge in [0, 0.05) is 32.1 Å². The normalized spacial score (nSPS) is 19.6. The molecule has 0 spiro atoms. The predicted octanol–water partition coefficient (Wildman–Crippen LogP) is 2.02. The van der Waals surface area contributed by atoms with Crippen LogP contribution < -0.4 is 5.73 Å². The van der Waals surface area contributed by atoms with Crippen LogP contribution in [-0.4, -0.2) is 52.9 Å². The second kappa shape index (κ2) is 8.57. The number of nitrogens with two attached hydrogens (primary N) is 1. The molecule has 0 aromatic carbocycles. The van der Waals surface area contributed by atoms with Crippen molar-refractivity contribution in [3.63, 3.8) is 0 Å². The molecule has 1 amide bonds. The highest BCUT2D eigenvalue weighted by molar-refractivity contribution is 7.80. The van der Waals surface area contributed by atoms with E-state index in [1.165, 1.54) is 0 Å². The molecule has 1 rings (SSSR count). The van der Waals surface area contributed by atoms with Crippen molar-refractivity contribution in [2.45, 2.75) is 52.5 Å². The summed E-state index contributed by atoms with van der Waals surface area (Å²) in [4.78, 5) is 17.3. The fraction of sp³-hybridized carbons (Fsp3) is 0.867. The van der Waals surface area contributed by atoms with Crippen LogP contribution in [0.1, 0.15) is 46.5 Å². The first-order valence-electron chi connectivity index (χ1n) is 7.83. The number of carbonyl (C=O) groups is 1. The van der Waals surface area contributed by atoms with Gasteiger partial charge in [-0.15, -0.1) is 0 Å². The summed E-state index contributed by atoms with van der Waals surface area (Å²) in [5, 5.41) is 0. The van der Waals surface area contributed by atoms with E-state index < -0.39 is 0 Å². The van der Waals surface area contributed by atoms with Gasteiger partial charge in [-0.3, -0.25) is 9.69 Å². The van der Waals surface area contributed by atoms with Gasteiger partial charge in [0.25, 0.3) is 0 Å². The zero-order chi connectivity index (χ0) is 15.1. The number of amides is 1. The average molecular weight is 299 g/mol. The van der Waals surface area contributed by atoms with Crippen molar-refractivity contribution < 1.29 is 4.79 Å². The molecule has 2 atom stereocenters. The second-order valence-electron chi connectivity index (χ2n) is 5.69. The summed E-state index contributed by atoms with van der Waals surface area (Å²) in [5.74, 6) is 0.540. The van der Waals surface area contributed by atoms with E-state index in [1.54, 1.807) is 0 Å². The standard InChI is InChI=1S/C15H29N3OS/c1-4-6-7-13(5-2)15(19)18-10-8-17(9-11-18)12(3)14(16)20/h12-13H,4-11H2,1-3H3,(H2,16,20). The summed E-state index contributed by atoms with van der Waals surface area (Å²) in [5.41, 5.74) is 5.70. The Kier molecular flexibility index (Phi) is 7.45. The van der Waals surface area contributed by atoms with E-state index in [0.717, 1.165) is 51.9 Å². The largest absolute Gasteiger partial charge is 0.392 e. The number of rotatable bonds is 7. The molecule has 0 aromatic rings. The zero-order valence-corrected chi connectivity index (χ0v) is 13.9. The number of thiocarbonyl (C=S) groups is 1. The van der Waals surface area contributed by atoms with Crippen LogP contribution in [0, 0.1) is 5.92 Å². The molecular formula is C15H29N3OS. The first-order chi connectivity index (χ1) is 9.51. The number of unbranched alkanes of at least 4 members (excludes halogenated alkanes) is 1. The molecule has 5 heteroatoms. The Balaban J connectivity index is 2.47. The van der Waals surface area contributed by atoms with Crippen LogP contribution in [0.5, 0.6) is 0 Å². The number of nitrogens with zero attached hydrogens (tertiary/aromatic N) is 2. The Morgan fingerprint density at radius 3 is 2.30 bits per heavy atom. The van der Waals surface area contributed by atoms with Gasteiger partial charge in [0.2, 0.25) is 5.91 Å². The molecule has 0 aliphatic carbocycles. The van der Waals surface area contributed by atoms with Gasteiger partial charge in [0.1, 0.15) is 0 Å². The molecule has 4 nitrogen and oxygen atoms in total. The van der Waals surface area contributed by atoms with Crippen LogP contribution in [0.3, 0.4) is 0 Å². The highest BCUT2D eigenvalue weighted by Gasteiger charge is 2.28. The molecule has 0 aromatic heterocycles. The van der Waals surface area contributed by atoms with E-state index >= 15 is 0 Å². The highest BCUT2D eigenvalue weighted by atomic mass is 32.1. The third-order valence-electron chi connectivity index (χ3n) is 4.33. The van der Waals surface area contributed by atoms with Crippen LogP contribution in [0.15, 0.2) is 0 Å². The molecule has 2 N–H and O–H groups in total. The third-order valence-corrected chi connectivity index (χ3v) is 4.67. The second-order valence-corrected chi connectivity index (χ2v) is 6.16. The summed E-state index contributed by atoms with van der Waals surface area (Å²) in [6.45, 7) is 9.66. The highest BCUT2D eigenvalue weighted by Crippen LogP contribution is 2.17. The molecule has 1 aliphatic heterocycles. The smallest absolute Gasteiger partial charge is 0.225 e. The predicted molar refractivity (Wildman–Crippen MR) is 87.7 cm³/mol. The van der Waals surface area contributed by atoms with E-state index in [9.17, 15) is 4.79 Å². The Morgan fingerprint density at radius 1 is 1.25 bits per heavy atom. The van der Waals surface area contributed by atoms with Gasteiger partial charge in [-0.1, -0.05) is 38.9 Å². The lowest BCUT2D eigenvalue weighted by molar-refractivity contribution is -0.137. The van der Waals surface area contributed by atoms with E-state index in [2.05, 4.69) is 18.7 Å². The van der Waals surface area contributed by atoms with Crippen LogP contribution >= 0.6 is 12.2 Å². The summed E-state index contributed by atoms with van der Waals surface area (Å²) >= 11 is 5.04. The molecule has 2 unspecified atom stereocenters. The minimum absolute atomic E-state index is 0.129. The summed E-state index contributed by atoms with van der Waals surface area (Å²) in [6.07, 6.45) is 4.27.